The quantitative estimate of drug-likeness (QED) is 0.771. The van der Waals surface area contributed by atoms with E-state index in [4.69, 9.17) is 5.11 Å². The number of aromatic carboxylic acids is 1. The number of fused-ring (bicyclic) bond motifs is 1. The number of para-hydroxylation sites is 1. The van der Waals surface area contributed by atoms with Crippen LogP contribution in [0, 0.1) is 6.92 Å². The third-order valence-corrected chi connectivity index (χ3v) is 3.58. The van der Waals surface area contributed by atoms with Crippen molar-refractivity contribution >= 4 is 39.0 Å². The fourth-order valence-corrected chi connectivity index (χ4v) is 2.59. The Morgan fingerprint density at radius 2 is 2.10 bits per heavy atom. The molecule has 0 aliphatic carbocycles. The number of carbonyl (C=O) groups is 1. The zero-order chi connectivity index (χ0) is 14.1. The molecule has 0 amide bonds. The van der Waals surface area contributed by atoms with E-state index in [-0.39, 0.29) is 5.69 Å². The summed E-state index contributed by atoms with van der Waals surface area (Å²) in [4.78, 5) is 19.4. The summed E-state index contributed by atoms with van der Waals surface area (Å²) in [6.07, 6.45) is 0. The highest BCUT2D eigenvalue weighted by molar-refractivity contribution is 7.14. The van der Waals surface area contributed by atoms with Gasteiger partial charge in [0.2, 0.25) is 0 Å². The first-order valence-corrected chi connectivity index (χ1v) is 6.84. The van der Waals surface area contributed by atoms with Crippen LogP contribution in [0.4, 0.5) is 10.8 Å². The van der Waals surface area contributed by atoms with Gasteiger partial charge in [-0.1, -0.05) is 18.2 Å². The van der Waals surface area contributed by atoms with E-state index in [9.17, 15) is 4.79 Å². The second-order valence-corrected chi connectivity index (χ2v) is 5.16. The smallest absolute Gasteiger partial charge is 0.355 e. The minimum atomic E-state index is -1.03. The maximum absolute atomic E-state index is 10.8. The SMILES string of the molecule is Cc1ccc2cccc(Nc3nc(C(=O)O)cs3)c2n1. The van der Waals surface area contributed by atoms with Gasteiger partial charge < -0.3 is 10.4 Å². The predicted molar refractivity (Wildman–Crippen MR) is 78.8 cm³/mol. The number of aromatic nitrogens is 2. The topological polar surface area (TPSA) is 75.1 Å². The molecule has 5 nitrogen and oxygen atoms in total. The molecule has 0 saturated heterocycles. The van der Waals surface area contributed by atoms with Crippen molar-refractivity contribution in [2.45, 2.75) is 6.92 Å². The van der Waals surface area contributed by atoms with E-state index in [1.165, 1.54) is 16.7 Å². The number of nitrogens with zero attached hydrogens (tertiary/aromatic N) is 2. The Hall–Kier alpha value is -2.47. The van der Waals surface area contributed by atoms with Crippen LogP contribution in [0.3, 0.4) is 0 Å². The van der Waals surface area contributed by atoms with Crippen LogP contribution in [-0.4, -0.2) is 21.0 Å². The zero-order valence-electron chi connectivity index (χ0n) is 10.6. The average molecular weight is 285 g/mol. The van der Waals surface area contributed by atoms with Crippen LogP contribution in [0.25, 0.3) is 10.9 Å². The minimum absolute atomic E-state index is 0.0434. The van der Waals surface area contributed by atoms with Gasteiger partial charge in [-0.05, 0) is 19.1 Å². The summed E-state index contributed by atoms with van der Waals surface area (Å²) in [5.41, 5.74) is 2.64. The van der Waals surface area contributed by atoms with Crippen molar-refractivity contribution in [2.24, 2.45) is 0 Å². The third-order valence-electron chi connectivity index (χ3n) is 2.82. The number of carboxylic acid groups (broad SMARTS) is 1. The van der Waals surface area contributed by atoms with E-state index in [0.717, 1.165) is 22.3 Å². The van der Waals surface area contributed by atoms with Crippen LogP contribution in [0.2, 0.25) is 0 Å². The lowest BCUT2D eigenvalue weighted by atomic mass is 10.2. The predicted octanol–water partition coefficient (Wildman–Crippen LogP) is 3.44. The van der Waals surface area contributed by atoms with Crippen LogP contribution in [-0.2, 0) is 0 Å². The van der Waals surface area contributed by atoms with E-state index in [0.29, 0.717) is 5.13 Å². The van der Waals surface area contributed by atoms with Gasteiger partial charge in [0.05, 0.1) is 11.2 Å². The molecule has 3 rings (SSSR count). The second kappa shape index (κ2) is 4.90. The Kier molecular flexibility index (Phi) is 3.08. The van der Waals surface area contributed by atoms with E-state index in [1.54, 1.807) is 0 Å². The summed E-state index contributed by atoms with van der Waals surface area (Å²) >= 11 is 1.25. The van der Waals surface area contributed by atoms with Crippen LogP contribution in [0.15, 0.2) is 35.7 Å². The van der Waals surface area contributed by atoms with Crippen molar-refractivity contribution in [3.05, 3.63) is 47.1 Å². The van der Waals surface area contributed by atoms with Crippen molar-refractivity contribution < 1.29 is 9.90 Å². The Labute approximate surface area is 118 Å². The van der Waals surface area contributed by atoms with E-state index in [1.807, 2.05) is 37.3 Å². The number of carboxylic acids is 1. The molecule has 2 N–H and O–H groups in total. The Bertz CT molecular complexity index is 798. The summed E-state index contributed by atoms with van der Waals surface area (Å²) in [7, 11) is 0. The molecule has 0 aliphatic rings. The largest absolute Gasteiger partial charge is 0.476 e. The number of aryl methyl sites for hydroxylation is 1. The van der Waals surface area contributed by atoms with Crippen molar-refractivity contribution in [3.8, 4) is 0 Å². The Morgan fingerprint density at radius 3 is 2.85 bits per heavy atom. The van der Waals surface area contributed by atoms with Gasteiger partial charge in [-0.2, -0.15) is 0 Å². The molecular weight excluding hydrogens is 274 g/mol. The van der Waals surface area contributed by atoms with Gasteiger partial charge >= 0.3 is 5.97 Å². The highest BCUT2D eigenvalue weighted by atomic mass is 32.1. The van der Waals surface area contributed by atoms with Gasteiger partial charge in [-0.15, -0.1) is 11.3 Å². The molecule has 100 valence electrons. The normalized spacial score (nSPS) is 10.7. The molecule has 0 fully saturated rings. The van der Waals surface area contributed by atoms with Crippen LogP contribution < -0.4 is 5.32 Å². The molecule has 0 bridgehead atoms. The van der Waals surface area contributed by atoms with Gasteiger partial charge in [0.15, 0.2) is 10.8 Å². The van der Waals surface area contributed by atoms with Crippen LogP contribution >= 0.6 is 11.3 Å². The monoisotopic (exact) mass is 285 g/mol. The highest BCUT2D eigenvalue weighted by Crippen LogP contribution is 2.26. The first-order chi connectivity index (χ1) is 9.63. The van der Waals surface area contributed by atoms with Crippen LogP contribution in [0.5, 0.6) is 0 Å². The minimum Gasteiger partial charge on any atom is -0.476 e. The number of pyridine rings is 1. The number of hydrogen-bond donors (Lipinski definition) is 2. The van der Waals surface area contributed by atoms with Crippen molar-refractivity contribution in [1.82, 2.24) is 9.97 Å². The van der Waals surface area contributed by atoms with Gasteiger partial charge in [-0.25, -0.2) is 9.78 Å². The number of nitrogens with one attached hydrogen (secondary N) is 1. The first kappa shape index (κ1) is 12.6. The molecule has 0 radical (unpaired) electrons. The lowest BCUT2D eigenvalue weighted by Crippen LogP contribution is -1.98. The number of thiazole rings is 1. The fraction of sp³-hybridized carbons (Fsp3) is 0.0714. The summed E-state index contributed by atoms with van der Waals surface area (Å²) in [5, 5.41) is 15.1. The zero-order valence-corrected chi connectivity index (χ0v) is 11.4. The second-order valence-electron chi connectivity index (χ2n) is 4.30. The molecule has 2 heterocycles. The molecule has 20 heavy (non-hydrogen) atoms. The Morgan fingerprint density at radius 1 is 1.25 bits per heavy atom. The first-order valence-electron chi connectivity index (χ1n) is 5.96. The summed E-state index contributed by atoms with van der Waals surface area (Å²) in [5.74, 6) is -1.03. The molecule has 0 aliphatic heterocycles. The standard InChI is InChI=1S/C14H11N3O2S/c1-8-5-6-9-3-2-4-10(12(9)15-8)16-14-17-11(7-20-14)13(18)19/h2-7H,1H3,(H,16,17)(H,18,19). The van der Waals surface area contributed by atoms with Gasteiger partial charge in [0, 0.05) is 16.5 Å². The van der Waals surface area contributed by atoms with Gasteiger partial charge in [0.25, 0.3) is 0 Å². The van der Waals surface area contributed by atoms with E-state index >= 15 is 0 Å². The number of anilines is 2. The number of rotatable bonds is 3. The third kappa shape index (κ3) is 2.33. The fourth-order valence-electron chi connectivity index (χ4n) is 1.89. The van der Waals surface area contributed by atoms with Crippen molar-refractivity contribution in [3.63, 3.8) is 0 Å². The van der Waals surface area contributed by atoms with Crippen LogP contribution in [0.1, 0.15) is 16.2 Å². The Balaban J connectivity index is 2.01. The maximum atomic E-state index is 10.8. The lowest BCUT2D eigenvalue weighted by molar-refractivity contribution is 0.0691. The molecule has 6 heteroatoms. The molecule has 0 atom stereocenters. The average Bonchev–Trinajstić information content (AvgIpc) is 2.88. The van der Waals surface area contributed by atoms with Crippen molar-refractivity contribution in [1.29, 1.82) is 0 Å². The lowest BCUT2D eigenvalue weighted by Gasteiger charge is -2.07. The molecule has 0 spiro atoms. The number of hydrogen-bond acceptors (Lipinski definition) is 5. The molecule has 2 aromatic heterocycles. The van der Waals surface area contributed by atoms with E-state index in [2.05, 4.69) is 15.3 Å². The summed E-state index contributed by atoms with van der Waals surface area (Å²) < 4.78 is 0. The molecular formula is C14H11N3O2S. The molecule has 0 unspecified atom stereocenters. The summed E-state index contributed by atoms with van der Waals surface area (Å²) in [6.45, 7) is 1.93. The molecule has 3 aromatic rings. The molecule has 1 aromatic carbocycles. The summed E-state index contributed by atoms with van der Waals surface area (Å²) in [6, 6.07) is 9.77. The van der Waals surface area contributed by atoms with E-state index < -0.39 is 5.97 Å². The van der Waals surface area contributed by atoms with Gasteiger partial charge in [-0.3, -0.25) is 4.98 Å². The van der Waals surface area contributed by atoms with Gasteiger partial charge in [0.1, 0.15) is 0 Å². The van der Waals surface area contributed by atoms with Crippen molar-refractivity contribution in [2.75, 3.05) is 5.32 Å². The number of benzene rings is 1. The highest BCUT2D eigenvalue weighted by Gasteiger charge is 2.10. The molecule has 0 saturated carbocycles. The maximum Gasteiger partial charge on any atom is 0.355 e.